The Labute approximate surface area is 99.2 Å². The average molecular weight is 226 g/mol. The van der Waals surface area contributed by atoms with Gasteiger partial charge < -0.3 is 10.4 Å². The van der Waals surface area contributed by atoms with Gasteiger partial charge in [0.1, 0.15) is 0 Å². The van der Waals surface area contributed by atoms with Gasteiger partial charge in [-0.05, 0) is 46.0 Å². The minimum Gasteiger partial charge on any atom is -0.393 e. The van der Waals surface area contributed by atoms with Crippen LogP contribution in [0.15, 0.2) is 0 Å². The lowest BCUT2D eigenvalue weighted by atomic mass is 9.89. The highest BCUT2D eigenvalue weighted by Crippen LogP contribution is 2.26. The molecule has 0 radical (unpaired) electrons. The highest BCUT2D eigenvalue weighted by atomic mass is 16.3. The molecule has 2 aliphatic rings. The van der Waals surface area contributed by atoms with Crippen molar-refractivity contribution in [2.75, 3.05) is 13.1 Å². The normalized spacial score (nSPS) is 34.3. The number of nitrogens with zero attached hydrogens (tertiary/aromatic N) is 1. The molecular formula is C13H26N2O. The summed E-state index contributed by atoms with van der Waals surface area (Å²) in [4.78, 5) is 2.50. The molecule has 3 atom stereocenters. The molecule has 2 fully saturated rings. The Bertz CT molecular complexity index is 210. The van der Waals surface area contributed by atoms with Crippen molar-refractivity contribution in [3.63, 3.8) is 0 Å². The summed E-state index contributed by atoms with van der Waals surface area (Å²) in [6.45, 7) is 8.63. The SMILES string of the molecule is CC(O)C1CC(NC2CC2)CN(C(C)C)C1. The number of hydrogen-bond acceptors (Lipinski definition) is 3. The fourth-order valence-corrected chi connectivity index (χ4v) is 2.65. The zero-order valence-corrected chi connectivity index (χ0v) is 10.8. The van der Waals surface area contributed by atoms with Gasteiger partial charge in [0.15, 0.2) is 0 Å². The number of hydrogen-bond donors (Lipinski definition) is 2. The van der Waals surface area contributed by atoms with Crippen LogP contribution in [0.3, 0.4) is 0 Å². The van der Waals surface area contributed by atoms with E-state index in [-0.39, 0.29) is 6.10 Å². The summed E-state index contributed by atoms with van der Waals surface area (Å²) in [6.07, 6.45) is 3.65. The molecule has 1 aliphatic carbocycles. The quantitative estimate of drug-likeness (QED) is 0.756. The highest BCUT2D eigenvalue weighted by molar-refractivity contribution is 4.91. The molecule has 94 valence electrons. The maximum absolute atomic E-state index is 9.79. The fraction of sp³-hybridized carbons (Fsp3) is 1.00. The van der Waals surface area contributed by atoms with Gasteiger partial charge in [0.2, 0.25) is 0 Å². The van der Waals surface area contributed by atoms with Crippen molar-refractivity contribution in [1.82, 2.24) is 10.2 Å². The predicted molar refractivity (Wildman–Crippen MR) is 66.4 cm³/mol. The van der Waals surface area contributed by atoms with E-state index in [0.717, 1.165) is 25.6 Å². The van der Waals surface area contributed by atoms with Crippen molar-refractivity contribution in [3.8, 4) is 0 Å². The second-order valence-corrected chi connectivity index (χ2v) is 5.92. The number of likely N-dealkylation sites (tertiary alicyclic amines) is 1. The van der Waals surface area contributed by atoms with Crippen molar-refractivity contribution in [2.24, 2.45) is 5.92 Å². The molecule has 1 aliphatic heterocycles. The summed E-state index contributed by atoms with van der Waals surface area (Å²) in [5.74, 6) is 0.437. The molecule has 2 rings (SSSR count). The molecule has 0 aromatic rings. The Morgan fingerprint density at radius 3 is 2.31 bits per heavy atom. The van der Waals surface area contributed by atoms with Crippen LogP contribution in [0.4, 0.5) is 0 Å². The Balaban J connectivity index is 1.91. The van der Waals surface area contributed by atoms with Crippen LogP contribution in [0.25, 0.3) is 0 Å². The van der Waals surface area contributed by atoms with Gasteiger partial charge in [-0.2, -0.15) is 0 Å². The molecule has 1 saturated carbocycles. The number of rotatable bonds is 4. The molecule has 0 aromatic carbocycles. The van der Waals surface area contributed by atoms with E-state index in [4.69, 9.17) is 0 Å². The van der Waals surface area contributed by atoms with E-state index in [2.05, 4.69) is 24.1 Å². The van der Waals surface area contributed by atoms with E-state index in [0.29, 0.717) is 18.0 Å². The molecule has 0 aromatic heterocycles. The predicted octanol–water partition coefficient (Wildman–Crippen LogP) is 1.22. The Kier molecular flexibility index (Phi) is 3.88. The fourth-order valence-electron chi connectivity index (χ4n) is 2.65. The van der Waals surface area contributed by atoms with Crippen LogP contribution in [0, 0.1) is 5.92 Å². The maximum atomic E-state index is 9.79. The van der Waals surface area contributed by atoms with Crippen LogP contribution in [0.2, 0.25) is 0 Å². The summed E-state index contributed by atoms with van der Waals surface area (Å²) in [5.41, 5.74) is 0. The summed E-state index contributed by atoms with van der Waals surface area (Å²) >= 11 is 0. The van der Waals surface area contributed by atoms with E-state index >= 15 is 0 Å². The molecule has 0 spiro atoms. The van der Waals surface area contributed by atoms with E-state index in [1.807, 2.05) is 6.92 Å². The minimum absolute atomic E-state index is 0.176. The smallest absolute Gasteiger partial charge is 0.0553 e. The van der Waals surface area contributed by atoms with Gasteiger partial charge in [-0.3, -0.25) is 4.90 Å². The molecule has 3 nitrogen and oxygen atoms in total. The lowest BCUT2D eigenvalue weighted by Crippen LogP contribution is -2.53. The molecule has 0 bridgehead atoms. The van der Waals surface area contributed by atoms with Gasteiger partial charge in [0.05, 0.1) is 6.10 Å². The first-order valence-electron chi connectivity index (χ1n) is 6.74. The summed E-state index contributed by atoms with van der Waals surface area (Å²) in [5, 5.41) is 13.5. The van der Waals surface area contributed by atoms with Gasteiger partial charge in [-0.1, -0.05) is 0 Å². The minimum atomic E-state index is -0.176. The number of aliphatic hydroxyl groups is 1. The second kappa shape index (κ2) is 5.03. The third-order valence-corrected chi connectivity index (χ3v) is 3.97. The van der Waals surface area contributed by atoms with Gasteiger partial charge in [0, 0.05) is 31.2 Å². The highest BCUT2D eigenvalue weighted by Gasteiger charge is 2.33. The standard InChI is InChI=1S/C13H26N2O/c1-9(2)15-7-11(10(3)16)6-13(8-15)14-12-4-5-12/h9-14,16H,4-8H2,1-3H3. The first kappa shape index (κ1) is 12.3. The summed E-state index contributed by atoms with van der Waals surface area (Å²) in [6, 6.07) is 1.94. The molecule has 0 amide bonds. The van der Waals surface area contributed by atoms with E-state index in [1.54, 1.807) is 0 Å². The van der Waals surface area contributed by atoms with Gasteiger partial charge in [-0.25, -0.2) is 0 Å². The van der Waals surface area contributed by atoms with Gasteiger partial charge in [-0.15, -0.1) is 0 Å². The van der Waals surface area contributed by atoms with Crippen molar-refractivity contribution < 1.29 is 5.11 Å². The Morgan fingerprint density at radius 1 is 1.12 bits per heavy atom. The zero-order chi connectivity index (χ0) is 11.7. The van der Waals surface area contributed by atoms with Crippen LogP contribution in [0.1, 0.15) is 40.0 Å². The number of piperidine rings is 1. The summed E-state index contributed by atoms with van der Waals surface area (Å²) < 4.78 is 0. The van der Waals surface area contributed by atoms with Crippen LogP contribution >= 0.6 is 0 Å². The second-order valence-electron chi connectivity index (χ2n) is 5.92. The van der Waals surface area contributed by atoms with Crippen LogP contribution in [-0.4, -0.2) is 47.3 Å². The van der Waals surface area contributed by atoms with E-state index < -0.39 is 0 Å². The van der Waals surface area contributed by atoms with Crippen LogP contribution in [0.5, 0.6) is 0 Å². The topological polar surface area (TPSA) is 35.5 Å². The summed E-state index contributed by atoms with van der Waals surface area (Å²) in [7, 11) is 0. The largest absolute Gasteiger partial charge is 0.393 e. The van der Waals surface area contributed by atoms with Gasteiger partial charge >= 0.3 is 0 Å². The number of aliphatic hydroxyl groups excluding tert-OH is 1. The molecule has 1 saturated heterocycles. The van der Waals surface area contributed by atoms with Crippen molar-refractivity contribution in [2.45, 2.75) is 64.3 Å². The van der Waals surface area contributed by atoms with Crippen molar-refractivity contribution in [1.29, 1.82) is 0 Å². The molecule has 2 N–H and O–H groups in total. The Hall–Kier alpha value is -0.120. The molecule has 3 unspecified atom stereocenters. The van der Waals surface area contributed by atoms with Gasteiger partial charge in [0.25, 0.3) is 0 Å². The Morgan fingerprint density at radius 2 is 1.81 bits per heavy atom. The molecular weight excluding hydrogens is 200 g/mol. The van der Waals surface area contributed by atoms with E-state index in [9.17, 15) is 5.11 Å². The molecule has 1 heterocycles. The van der Waals surface area contributed by atoms with Crippen LogP contribution < -0.4 is 5.32 Å². The average Bonchev–Trinajstić information content (AvgIpc) is 3.01. The van der Waals surface area contributed by atoms with Crippen LogP contribution in [-0.2, 0) is 0 Å². The molecule has 16 heavy (non-hydrogen) atoms. The monoisotopic (exact) mass is 226 g/mol. The molecule has 3 heteroatoms. The first-order valence-corrected chi connectivity index (χ1v) is 6.74. The first-order chi connectivity index (χ1) is 7.56. The lowest BCUT2D eigenvalue weighted by Gasteiger charge is -2.41. The third-order valence-electron chi connectivity index (χ3n) is 3.97. The zero-order valence-electron chi connectivity index (χ0n) is 10.8. The van der Waals surface area contributed by atoms with E-state index in [1.165, 1.54) is 12.8 Å². The number of nitrogens with one attached hydrogen (secondary N) is 1. The third kappa shape index (κ3) is 3.19. The lowest BCUT2D eigenvalue weighted by molar-refractivity contribution is 0.0352. The van der Waals surface area contributed by atoms with Crippen molar-refractivity contribution in [3.05, 3.63) is 0 Å². The maximum Gasteiger partial charge on any atom is 0.0553 e. The van der Waals surface area contributed by atoms with Crippen molar-refractivity contribution >= 4 is 0 Å².